The first-order chi connectivity index (χ1) is 8.60. The average molecular weight is 248 g/mol. The van der Waals surface area contributed by atoms with Crippen molar-refractivity contribution in [3.8, 4) is 0 Å². The van der Waals surface area contributed by atoms with Crippen molar-refractivity contribution in [2.45, 2.75) is 13.5 Å². The van der Waals surface area contributed by atoms with Crippen LogP contribution in [-0.4, -0.2) is 15.5 Å². The van der Waals surface area contributed by atoms with E-state index in [4.69, 9.17) is 5.73 Å². The number of halogens is 1. The van der Waals surface area contributed by atoms with Gasteiger partial charge in [0, 0.05) is 12.7 Å². The minimum Gasteiger partial charge on any atom is -0.397 e. The largest absolute Gasteiger partial charge is 0.397 e. The second-order valence-corrected chi connectivity index (χ2v) is 3.77. The van der Waals surface area contributed by atoms with Gasteiger partial charge < -0.3 is 15.6 Å². The van der Waals surface area contributed by atoms with Crippen LogP contribution in [0.5, 0.6) is 0 Å². The zero-order chi connectivity index (χ0) is 13.1. The molecular formula is C12H13FN4O. The highest BCUT2D eigenvalue weighted by molar-refractivity contribution is 6.03. The van der Waals surface area contributed by atoms with Gasteiger partial charge in [-0.1, -0.05) is 0 Å². The Hall–Kier alpha value is -2.37. The van der Waals surface area contributed by atoms with Gasteiger partial charge in [-0.25, -0.2) is 4.98 Å². The van der Waals surface area contributed by atoms with Gasteiger partial charge in [0.05, 0.1) is 17.6 Å². The number of nitrogens with one attached hydrogen (secondary N) is 1. The lowest BCUT2D eigenvalue weighted by molar-refractivity contribution is 0.101. The maximum absolute atomic E-state index is 12.6. The summed E-state index contributed by atoms with van der Waals surface area (Å²) in [5.74, 6) is -0.892. The van der Waals surface area contributed by atoms with E-state index in [-0.39, 0.29) is 5.91 Å². The number of aryl methyl sites for hydroxylation is 1. The van der Waals surface area contributed by atoms with Crippen molar-refractivity contribution in [2.24, 2.45) is 0 Å². The number of hydrogen-bond donors (Lipinski definition) is 2. The minimum atomic E-state index is -0.589. The summed E-state index contributed by atoms with van der Waals surface area (Å²) in [6.07, 6.45) is 2.95. The third-order valence-corrected chi connectivity index (χ3v) is 2.48. The molecule has 0 saturated carbocycles. The first-order valence-electron chi connectivity index (χ1n) is 5.48. The standard InChI is InChI=1S/C12H13FN4O/c1-2-17-7-8(14)5-10(17)12(18)16-9-3-4-11(13)15-6-9/h3-7H,2,14H2,1H3,(H,16,18). The molecule has 94 valence electrons. The monoisotopic (exact) mass is 248 g/mol. The summed E-state index contributed by atoms with van der Waals surface area (Å²) in [7, 11) is 0. The molecule has 1 amide bonds. The van der Waals surface area contributed by atoms with Crippen LogP contribution in [0, 0.1) is 5.95 Å². The summed E-state index contributed by atoms with van der Waals surface area (Å²) < 4.78 is 14.4. The number of nitrogens with zero attached hydrogens (tertiary/aromatic N) is 2. The topological polar surface area (TPSA) is 72.9 Å². The smallest absolute Gasteiger partial charge is 0.272 e. The molecule has 2 rings (SSSR count). The number of aromatic nitrogens is 2. The SMILES string of the molecule is CCn1cc(N)cc1C(=O)Nc1ccc(F)nc1. The molecule has 0 aliphatic heterocycles. The van der Waals surface area contributed by atoms with Gasteiger partial charge in [-0.3, -0.25) is 4.79 Å². The van der Waals surface area contributed by atoms with E-state index in [1.165, 1.54) is 18.3 Å². The Balaban J connectivity index is 2.19. The Kier molecular flexibility index (Phi) is 3.27. The van der Waals surface area contributed by atoms with E-state index in [9.17, 15) is 9.18 Å². The Morgan fingerprint density at radius 2 is 2.33 bits per heavy atom. The molecular weight excluding hydrogens is 235 g/mol. The molecule has 0 radical (unpaired) electrons. The molecule has 6 heteroatoms. The van der Waals surface area contributed by atoms with E-state index < -0.39 is 5.95 Å². The minimum absolute atomic E-state index is 0.304. The normalized spacial score (nSPS) is 10.3. The number of nitrogen functional groups attached to an aromatic ring is 1. The van der Waals surface area contributed by atoms with E-state index >= 15 is 0 Å². The Labute approximate surface area is 103 Å². The summed E-state index contributed by atoms with van der Waals surface area (Å²) in [6, 6.07) is 4.22. The predicted octanol–water partition coefficient (Wildman–Crippen LogP) is 1.88. The van der Waals surface area contributed by atoms with Crippen LogP contribution in [0.15, 0.2) is 30.6 Å². The fourth-order valence-corrected chi connectivity index (χ4v) is 1.63. The zero-order valence-corrected chi connectivity index (χ0v) is 9.85. The van der Waals surface area contributed by atoms with Gasteiger partial charge in [-0.2, -0.15) is 4.39 Å². The summed E-state index contributed by atoms with van der Waals surface area (Å²) in [5, 5.41) is 2.63. The maximum atomic E-state index is 12.6. The molecule has 5 nitrogen and oxygen atoms in total. The lowest BCUT2D eigenvalue weighted by atomic mass is 10.3. The maximum Gasteiger partial charge on any atom is 0.272 e. The third kappa shape index (κ3) is 2.48. The zero-order valence-electron chi connectivity index (χ0n) is 9.85. The van der Waals surface area contributed by atoms with Crippen LogP contribution in [0.1, 0.15) is 17.4 Å². The van der Waals surface area contributed by atoms with Gasteiger partial charge in [-0.15, -0.1) is 0 Å². The number of hydrogen-bond acceptors (Lipinski definition) is 3. The van der Waals surface area contributed by atoms with Gasteiger partial charge in [0.15, 0.2) is 0 Å². The molecule has 0 aromatic carbocycles. The van der Waals surface area contributed by atoms with Crippen LogP contribution < -0.4 is 11.1 Å². The molecule has 0 aliphatic rings. The van der Waals surface area contributed by atoms with Crippen LogP contribution in [0.4, 0.5) is 15.8 Å². The van der Waals surface area contributed by atoms with Gasteiger partial charge >= 0.3 is 0 Å². The molecule has 2 aromatic rings. The number of carbonyl (C=O) groups excluding carboxylic acids is 1. The molecule has 0 unspecified atom stereocenters. The van der Waals surface area contributed by atoms with Gasteiger partial charge in [0.1, 0.15) is 5.69 Å². The fraction of sp³-hybridized carbons (Fsp3) is 0.167. The van der Waals surface area contributed by atoms with E-state index in [0.29, 0.717) is 23.6 Å². The fourth-order valence-electron chi connectivity index (χ4n) is 1.63. The van der Waals surface area contributed by atoms with Crippen LogP contribution >= 0.6 is 0 Å². The highest BCUT2D eigenvalue weighted by atomic mass is 19.1. The van der Waals surface area contributed by atoms with Crippen LogP contribution in [0.25, 0.3) is 0 Å². The van der Waals surface area contributed by atoms with E-state index in [1.807, 2.05) is 6.92 Å². The van der Waals surface area contributed by atoms with Crippen molar-refractivity contribution >= 4 is 17.3 Å². The number of anilines is 2. The molecule has 0 atom stereocenters. The number of carbonyl (C=O) groups is 1. The third-order valence-electron chi connectivity index (χ3n) is 2.48. The molecule has 18 heavy (non-hydrogen) atoms. The van der Waals surface area contributed by atoms with Crippen LogP contribution in [0.3, 0.4) is 0 Å². The van der Waals surface area contributed by atoms with Crippen molar-refractivity contribution < 1.29 is 9.18 Å². The first kappa shape index (κ1) is 12.1. The molecule has 2 heterocycles. The second-order valence-electron chi connectivity index (χ2n) is 3.77. The molecule has 2 aromatic heterocycles. The van der Waals surface area contributed by atoms with Crippen molar-refractivity contribution in [3.63, 3.8) is 0 Å². The molecule has 3 N–H and O–H groups in total. The second kappa shape index (κ2) is 4.87. The highest BCUT2D eigenvalue weighted by Crippen LogP contribution is 2.13. The predicted molar refractivity (Wildman–Crippen MR) is 66.7 cm³/mol. The van der Waals surface area contributed by atoms with Crippen molar-refractivity contribution in [1.29, 1.82) is 0 Å². The van der Waals surface area contributed by atoms with Crippen molar-refractivity contribution in [1.82, 2.24) is 9.55 Å². The molecule has 0 aliphatic carbocycles. The van der Waals surface area contributed by atoms with Crippen molar-refractivity contribution in [2.75, 3.05) is 11.1 Å². The van der Waals surface area contributed by atoms with E-state index in [2.05, 4.69) is 10.3 Å². The Morgan fingerprint density at radius 3 is 2.94 bits per heavy atom. The Bertz CT molecular complexity index is 562. The molecule has 0 spiro atoms. The number of rotatable bonds is 3. The summed E-state index contributed by atoms with van der Waals surface area (Å²) in [4.78, 5) is 15.4. The molecule has 0 fully saturated rings. The number of amides is 1. The highest BCUT2D eigenvalue weighted by Gasteiger charge is 2.12. The Morgan fingerprint density at radius 1 is 1.56 bits per heavy atom. The number of nitrogens with two attached hydrogens (primary N) is 1. The van der Waals surface area contributed by atoms with Crippen LogP contribution in [-0.2, 0) is 6.54 Å². The molecule has 0 saturated heterocycles. The van der Waals surface area contributed by atoms with Crippen LogP contribution in [0.2, 0.25) is 0 Å². The lowest BCUT2D eigenvalue weighted by Crippen LogP contribution is -2.16. The summed E-state index contributed by atoms with van der Waals surface area (Å²) in [6.45, 7) is 2.55. The van der Waals surface area contributed by atoms with Gasteiger partial charge in [0.2, 0.25) is 5.95 Å². The van der Waals surface area contributed by atoms with Gasteiger partial charge in [-0.05, 0) is 25.1 Å². The van der Waals surface area contributed by atoms with Crippen molar-refractivity contribution in [3.05, 3.63) is 42.2 Å². The number of pyridine rings is 1. The van der Waals surface area contributed by atoms with Gasteiger partial charge in [0.25, 0.3) is 5.91 Å². The first-order valence-corrected chi connectivity index (χ1v) is 5.48. The molecule has 0 bridgehead atoms. The quantitative estimate of drug-likeness (QED) is 0.814. The van der Waals surface area contributed by atoms with E-state index in [0.717, 1.165) is 0 Å². The van der Waals surface area contributed by atoms with E-state index in [1.54, 1.807) is 16.8 Å². The summed E-state index contributed by atoms with van der Waals surface area (Å²) >= 11 is 0. The average Bonchev–Trinajstić information content (AvgIpc) is 2.73. The summed E-state index contributed by atoms with van der Waals surface area (Å²) in [5.41, 5.74) is 7.06. The lowest BCUT2D eigenvalue weighted by Gasteiger charge is -2.07.